The lowest BCUT2D eigenvalue weighted by Crippen LogP contribution is -2.58. The first-order valence-corrected chi connectivity index (χ1v) is 14.5. The highest BCUT2D eigenvalue weighted by atomic mass is 32.2. The Morgan fingerprint density at radius 1 is 1.15 bits per heavy atom. The van der Waals surface area contributed by atoms with Gasteiger partial charge in [-0.15, -0.1) is 0 Å². The van der Waals surface area contributed by atoms with E-state index in [0.717, 1.165) is 25.7 Å². The number of aliphatic hydroxyl groups excluding tert-OH is 2. The molecule has 4 aliphatic carbocycles. The van der Waals surface area contributed by atoms with Crippen LogP contribution in [-0.2, 0) is 14.9 Å². The molecule has 0 aromatic carbocycles. The lowest BCUT2D eigenvalue weighted by atomic mass is 9.43. The molecule has 0 saturated heterocycles. The van der Waals surface area contributed by atoms with E-state index in [4.69, 9.17) is 10.0 Å². The van der Waals surface area contributed by atoms with Crippen molar-refractivity contribution in [2.45, 2.75) is 97.1 Å². The number of hydrogen-bond acceptors (Lipinski definition) is 5. The van der Waals surface area contributed by atoms with Crippen LogP contribution >= 0.6 is 0 Å². The Morgan fingerprint density at radius 2 is 1.85 bits per heavy atom. The maximum absolute atomic E-state index is 12.2. The lowest BCUT2D eigenvalue weighted by molar-refractivity contribution is -0.174. The van der Waals surface area contributed by atoms with Gasteiger partial charge in [0.25, 0.3) is 10.1 Å². The van der Waals surface area contributed by atoms with Crippen molar-refractivity contribution in [3.05, 3.63) is 0 Å². The number of fused-ring (bicyclic) bond motifs is 5. The maximum Gasteiger partial charge on any atom is 0.266 e. The molecule has 0 unspecified atom stereocenters. The Labute approximate surface area is 210 Å². The Kier molecular flexibility index (Phi) is 6.06. The molecule has 4 fully saturated rings. The zero-order valence-electron chi connectivity index (χ0n) is 24.7. The van der Waals surface area contributed by atoms with Crippen LogP contribution in [0.2, 0.25) is 0 Å². The van der Waals surface area contributed by atoms with Crippen molar-refractivity contribution >= 4 is 16.0 Å². The fourth-order valence-corrected chi connectivity index (χ4v) is 8.81. The fourth-order valence-electron chi connectivity index (χ4n) is 8.45. The normalized spacial score (nSPS) is 49.8. The van der Waals surface area contributed by atoms with E-state index >= 15 is 0 Å². The summed E-state index contributed by atoms with van der Waals surface area (Å²) in [6.45, 7) is 6.30. The summed E-state index contributed by atoms with van der Waals surface area (Å²) in [6, 6.07) is 0. The Hall–Kier alpha value is -0.700. The standard InChI is InChI=1S/C26H45NO6S/c1-16(4-7-23(30)27-12-13-34(31,32)33)19-5-6-20-24-21(9-11-26(19,20)3)25(2)10-8-18(28)14-17(25)15-22(24)29/h16-22,24,28-29H,4-15H2,1-3H3,(H,27,30)(H,31,32,33)/t16-,17+,18-,19-,20+,21+,22-,24+,25+,26-/m1/s1/i8D2,14D2. The second-order valence-electron chi connectivity index (χ2n) is 12.0. The number of rotatable bonds is 7. The molecule has 4 N–H and O–H groups in total. The van der Waals surface area contributed by atoms with E-state index in [1.54, 1.807) is 0 Å². The molecule has 4 aliphatic rings. The van der Waals surface area contributed by atoms with Crippen molar-refractivity contribution in [3.8, 4) is 0 Å². The number of hydrogen-bond donors (Lipinski definition) is 4. The third-order valence-electron chi connectivity index (χ3n) is 10.2. The molecule has 0 aromatic heterocycles. The Morgan fingerprint density at radius 3 is 2.56 bits per heavy atom. The van der Waals surface area contributed by atoms with Crippen molar-refractivity contribution < 1.29 is 33.5 Å². The van der Waals surface area contributed by atoms with E-state index in [0.29, 0.717) is 12.3 Å². The largest absolute Gasteiger partial charge is 0.393 e. The molecule has 0 aromatic rings. The second kappa shape index (κ2) is 9.64. The quantitative estimate of drug-likeness (QED) is 0.395. The Balaban J connectivity index is 1.47. The van der Waals surface area contributed by atoms with Crippen LogP contribution in [0.15, 0.2) is 0 Å². The first-order chi connectivity index (χ1) is 17.3. The van der Waals surface area contributed by atoms with E-state index in [2.05, 4.69) is 19.2 Å². The summed E-state index contributed by atoms with van der Waals surface area (Å²) in [5.41, 5.74) is -0.695. The number of amides is 1. The van der Waals surface area contributed by atoms with Crippen LogP contribution in [0.3, 0.4) is 0 Å². The van der Waals surface area contributed by atoms with E-state index in [1.807, 2.05) is 6.92 Å². The van der Waals surface area contributed by atoms with E-state index < -0.39 is 52.2 Å². The van der Waals surface area contributed by atoms with Crippen LogP contribution in [0.5, 0.6) is 0 Å². The zero-order valence-corrected chi connectivity index (χ0v) is 21.5. The first kappa shape index (κ1) is 21.4. The molecule has 0 heterocycles. The topological polar surface area (TPSA) is 124 Å². The third kappa shape index (κ3) is 4.94. The minimum atomic E-state index is -4.12. The Bertz CT molecular complexity index is 1030. The van der Waals surface area contributed by atoms with Crippen molar-refractivity contribution in [3.63, 3.8) is 0 Å². The predicted molar refractivity (Wildman–Crippen MR) is 130 cm³/mol. The highest BCUT2D eigenvalue weighted by Crippen LogP contribution is 2.68. The number of aliphatic hydroxyl groups is 2. The highest BCUT2D eigenvalue weighted by Gasteiger charge is 2.62. The molecule has 0 radical (unpaired) electrons. The average Bonchev–Trinajstić information content (AvgIpc) is 3.14. The van der Waals surface area contributed by atoms with E-state index in [9.17, 15) is 23.4 Å². The van der Waals surface area contributed by atoms with Gasteiger partial charge < -0.3 is 15.5 Å². The van der Waals surface area contributed by atoms with Crippen molar-refractivity contribution in [1.29, 1.82) is 0 Å². The van der Waals surface area contributed by atoms with Crippen LogP contribution in [0.25, 0.3) is 0 Å². The predicted octanol–water partition coefficient (Wildman–Crippen LogP) is 3.40. The maximum atomic E-state index is 12.2. The first-order valence-electron chi connectivity index (χ1n) is 14.9. The number of carbonyl (C=O) groups is 1. The number of carbonyl (C=O) groups excluding carboxylic acids is 1. The van der Waals surface area contributed by atoms with Gasteiger partial charge in [-0.3, -0.25) is 9.35 Å². The summed E-state index contributed by atoms with van der Waals surface area (Å²) in [5.74, 6) is -0.600. The smallest absolute Gasteiger partial charge is 0.266 e. The molecule has 1 amide bonds. The van der Waals surface area contributed by atoms with Crippen LogP contribution in [0, 0.1) is 46.3 Å². The van der Waals surface area contributed by atoms with Crippen molar-refractivity contribution in [1.82, 2.24) is 5.32 Å². The van der Waals surface area contributed by atoms with Crippen LogP contribution in [0.4, 0.5) is 0 Å². The molecular weight excluding hydrogens is 454 g/mol. The van der Waals surface area contributed by atoms with Gasteiger partial charge in [0.05, 0.1) is 18.0 Å². The minimum absolute atomic E-state index is 0.0189. The van der Waals surface area contributed by atoms with Crippen LogP contribution in [-0.4, -0.2) is 53.6 Å². The van der Waals surface area contributed by atoms with Crippen molar-refractivity contribution in [2.24, 2.45) is 46.3 Å². The summed E-state index contributed by atoms with van der Waals surface area (Å²) in [4.78, 5) is 12.2. The van der Waals surface area contributed by atoms with Gasteiger partial charge in [0.15, 0.2) is 0 Å². The van der Waals surface area contributed by atoms with Gasteiger partial charge in [-0.05, 0) is 104 Å². The molecule has 0 aliphatic heterocycles. The molecule has 10 atom stereocenters. The van der Waals surface area contributed by atoms with Gasteiger partial charge in [0.1, 0.15) is 0 Å². The van der Waals surface area contributed by atoms with E-state index in [-0.39, 0.29) is 60.8 Å². The van der Waals surface area contributed by atoms with Crippen LogP contribution in [0.1, 0.15) is 90.4 Å². The minimum Gasteiger partial charge on any atom is -0.393 e. The molecule has 0 bridgehead atoms. The summed E-state index contributed by atoms with van der Waals surface area (Å²) >= 11 is 0. The van der Waals surface area contributed by atoms with Gasteiger partial charge in [0, 0.05) is 18.4 Å². The van der Waals surface area contributed by atoms with Gasteiger partial charge in [0.2, 0.25) is 5.91 Å². The molecule has 0 spiro atoms. The lowest BCUT2D eigenvalue weighted by Gasteiger charge is -2.62. The SMILES string of the molecule is [2H]C1([2H])C[C@@]2(C)[C@H](C[C@@H](O)[C@@H]3[C@@H]2CC[C@]2(C)[C@@H]([C@H](C)CCC(=O)NCCS(=O)(=O)O)CC[C@@H]32)C([2H])([2H])[C@@H]1O. The fraction of sp³-hybridized carbons (Fsp3) is 0.962. The van der Waals surface area contributed by atoms with Crippen molar-refractivity contribution in [2.75, 3.05) is 12.3 Å². The van der Waals surface area contributed by atoms with Gasteiger partial charge in [-0.1, -0.05) is 20.8 Å². The highest BCUT2D eigenvalue weighted by molar-refractivity contribution is 7.85. The average molecular weight is 504 g/mol. The molecular formula is C26H45NO6S. The molecule has 196 valence electrons. The summed E-state index contributed by atoms with van der Waals surface area (Å²) in [6.07, 6.45) is -1.72. The molecule has 7 nitrogen and oxygen atoms in total. The molecule has 8 heteroatoms. The summed E-state index contributed by atoms with van der Waals surface area (Å²) < 4.78 is 64.8. The van der Waals surface area contributed by atoms with E-state index in [1.165, 1.54) is 0 Å². The summed E-state index contributed by atoms with van der Waals surface area (Å²) in [7, 11) is -4.12. The van der Waals surface area contributed by atoms with Gasteiger partial charge in [-0.2, -0.15) is 8.42 Å². The van der Waals surface area contributed by atoms with Gasteiger partial charge in [-0.25, -0.2) is 0 Å². The molecule has 4 rings (SSSR count). The zero-order chi connectivity index (χ0) is 28.5. The second-order valence-corrected chi connectivity index (χ2v) is 13.6. The molecule has 34 heavy (non-hydrogen) atoms. The van der Waals surface area contributed by atoms with Gasteiger partial charge >= 0.3 is 0 Å². The summed E-state index contributed by atoms with van der Waals surface area (Å²) in [5, 5.41) is 24.6. The third-order valence-corrected chi connectivity index (χ3v) is 10.9. The van der Waals surface area contributed by atoms with Crippen LogP contribution < -0.4 is 5.32 Å². The monoisotopic (exact) mass is 503 g/mol. The number of nitrogens with one attached hydrogen (secondary N) is 1. The molecule has 4 saturated carbocycles.